The molecule has 0 amide bonds. The lowest BCUT2D eigenvalue weighted by Gasteiger charge is -2.23. The van der Waals surface area contributed by atoms with Crippen molar-refractivity contribution in [2.75, 3.05) is 5.32 Å². The Labute approximate surface area is 88.5 Å². The lowest BCUT2D eigenvalue weighted by atomic mass is 10.1. The number of rotatable bonds is 2. The van der Waals surface area contributed by atoms with Crippen molar-refractivity contribution in [3.05, 3.63) is 29.3 Å². The van der Waals surface area contributed by atoms with Gasteiger partial charge >= 0.3 is 0 Å². The van der Waals surface area contributed by atoms with Gasteiger partial charge in [-0.2, -0.15) is 0 Å². The maximum Gasteiger partial charge on any atom is 0.149 e. The van der Waals surface area contributed by atoms with E-state index in [4.69, 9.17) is 5.73 Å². The molecule has 2 nitrogen and oxygen atoms in total. The minimum Gasteiger partial charge on any atom is -0.376 e. The van der Waals surface area contributed by atoms with Crippen LogP contribution in [-0.4, -0.2) is 5.54 Å². The molecule has 0 saturated heterocycles. The molecular formula is C11H16F2N2. The van der Waals surface area contributed by atoms with Crippen LogP contribution in [0.15, 0.2) is 12.1 Å². The molecule has 1 aromatic carbocycles. The second-order valence-electron chi connectivity index (χ2n) is 4.51. The summed E-state index contributed by atoms with van der Waals surface area (Å²) in [5.74, 6) is -1.21. The van der Waals surface area contributed by atoms with Crippen molar-refractivity contribution in [3.8, 4) is 0 Å². The van der Waals surface area contributed by atoms with Gasteiger partial charge in [-0.15, -0.1) is 0 Å². The van der Waals surface area contributed by atoms with E-state index in [1.165, 1.54) is 12.1 Å². The van der Waals surface area contributed by atoms with Gasteiger partial charge in [0.05, 0.1) is 0 Å². The van der Waals surface area contributed by atoms with Crippen LogP contribution in [0.1, 0.15) is 26.3 Å². The summed E-state index contributed by atoms with van der Waals surface area (Å²) in [6.45, 7) is 5.64. The van der Waals surface area contributed by atoms with Crippen LogP contribution < -0.4 is 11.1 Å². The van der Waals surface area contributed by atoms with Gasteiger partial charge in [-0.1, -0.05) is 0 Å². The Hall–Kier alpha value is -1.16. The summed E-state index contributed by atoms with van der Waals surface area (Å²) >= 11 is 0. The maximum atomic E-state index is 13.5. The van der Waals surface area contributed by atoms with Gasteiger partial charge in [-0.3, -0.25) is 0 Å². The summed E-state index contributed by atoms with van der Waals surface area (Å²) in [4.78, 5) is 0. The number of halogens is 2. The van der Waals surface area contributed by atoms with E-state index in [0.29, 0.717) is 5.56 Å². The summed E-state index contributed by atoms with van der Waals surface area (Å²) in [7, 11) is 0. The fourth-order valence-corrected chi connectivity index (χ4v) is 1.24. The zero-order valence-electron chi connectivity index (χ0n) is 9.20. The first-order chi connectivity index (χ1) is 6.83. The average Bonchev–Trinajstić information content (AvgIpc) is 2.09. The Balaban J connectivity index is 3.09. The lowest BCUT2D eigenvalue weighted by molar-refractivity contribution is 0.560. The van der Waals surface area contributed by atoms with E-state index in [2.05, 4.69) is 5.32 Å². The molecule has 1 rings (SSSR count). The van der Waals surface area contributed by atoms with Crippen LogP contribution in [0.4, 0.5) is 14.5 Å². The number of hydrogen-bond donors (Lipinski definition) is 2. The molecule has 0 aliphatic heterocycles. The van der Waals surface area contributed by atoms with Crippen LogP contribution in [0.2, 0.25) is 0 Å². The molecule has 84 valence electrons. The van der Waals surface area contributed by atoms with Gasteiger partial charge in [0.1, 0.15) is 17.3 Å². The van der Waals surface area contributed by atoms with Crippen LogP contribution >= 0.6 is 0 Å². The van der Waals surface area contributed by atoms with Gasteiger partial charge in [-0.25, -0.2) is 8.78 Å². The fraction of sp³-hybridized carbons (Fsp3) is 0.455. The molecular weight excluding hydrogens is 198 g/mol. The zero-order chi connectivity index (χ0) is 11.6. The summed E-state index contributed by atoms with van der Waals surface area (Å²) in [5.41, 5.74) is 5.28. The first-order valence-electron chi connectivity index (χ1n) is 4.79. The van der Waals surface area contributed by atoms with E-state index >= 15 is 0 Å². The highest BCUT2D eigenvalue weighted by Crippen LogP contribution is 2.23. The van der Waals surface area contributed by atoms with Gasteiger partial charge in [0.15, 0.2) is 0 Å². The molecule has 0 heterocycles. The first kappa shape index (κ1) is 11.9. The van der Waals surface area contributed by atoms with Crippen LogP contribution in [0.25, 0.3) is 0 Å². The molecule has 0 radical (unpaired) electrons. The molecule has 0 aliphatic rings. The molecule has 0 saturated carbocycles. The van der Waals surface area contributed by atoms with Crippen molar-refractivity contribution < 1.29 is 8.78 Å². The molecule has 0 spiro atoms. The van der Waals surface area contributed by atoms with Crippen molar-refractivity contribution in [1.29, 1.82) is 0 Å². The average molecular weight is 214 g/mol. The van der Waals surface area contributed by atoms with E-state index in [9.17, 15) is 8.78 Å². The Morgan fingerprint density at radius 2 is 1.67 bits per heavy atom. The van der Waals surface area contributed by atoms with Gasteiger partial charge in [0, 0.05) is 12.1 Å². The van der Waals surface area contributed by atoms with Crippen molar-refractivity contribution in [2.24, 2.45) is 5.73 Å². The number of nitrogens with one attached hydrogen (secondary N) is 1. The predicted octanol–water partition coefficient (Wildman–Crippen LogP) is 2.63. The normalized spacial score (nSPS) is 11.6. The third-order valence-electron chi connectivity index (χ3n) is 1.84. The molecule has 0 fully saturated rings. The molecule has 4 heteroatoms. The highest BCUT2D eigenvalue weighted by molar-refractivity contribution is 5.49. The SMILES string of the molecule is CC(C)(C)Nc1c(F)cc(CN)cc1F. The molecule has 0 aliphatic carbocycles. The number of benzene rings is 1. The van der Waals surface area contributed by atoms with Crippen LogP contribution in [0.5, 0.6) is 0 Å². The second-order valence-corrected chi connectivity index (χ2v) is 4.51. The molecule has 3 N–H and O–H groups in total. The minimum atomic E-state index is -0.606. The first-order valence-corrected chi connectivity index (χ1v) is 4.79. The molecule has 0 atom stereocenters. The minimum absolute atomic E-state index is 0.0975. The van der Waals surface area contributed by atoms with E-state index in [-0.39, 0.29) is 17.8 Å². The van der Waals surface area contributed by atoms with Crippen LogP contribution in [0, 0.1) is 11.6 Å². The molecule has 0 bridgehead atoms. The highest BCUT2D eigenvalue weighted by Gasteiger charge is 2.16. The summed E-state index contributed by atoms with van der Waals surface area (Å²) < 4.78 is 26.9. The smallest absolute Gasteiger partial charge is 0.149 e. The van der Waals surface area contributed by atoms with E-state index in [0.717, 1.165) is 0 Å². The van der Waals surface area contributed by atoms with E-state index in [1.807, 2.05) is 20.8 Å². The van der Waals surface area contributed by atoms with Crippen molar-refractivity contribution in [3.63, 3.8) is 0 Å². The monoisotopic (exact) mass is 214 g/mol. The van der Waals surface area contributed by atoms with Crippen LogP contribution in [0.3, 0.4) is 0 Å². The van der Waals surface area contributed by atoms with Gasteiger partial charge in [0.25, 0.3) is 0 Å². The number of anilines is 1. The standard InChI is InChI=1S/C11H16F2N2/c1-11(2,3)15-10-8(12)4-7(6-14)5-9(10)13/h4-5,15H,6,14H2,1-3H3. The molecule has 1 aromatic rings. The Morgan fingerprint density at radius 1 is 1.20 bits per heavy atom. The van der Waals surface area contributed by atoms with Gasteiger partial charge < -0.3 is 11.1 Å². The van der Waals surface area contributed by atoms with Gasteiger partial charge in [-0.05, 0) is 38.5 Å². The number of hydrogen-bond acceptors (Lipinski definition) is 2. The van der Waals surface area contributed by atoms with Gasteiger partial charge in [0.2, 0.25) is 0 Å². The largest absolute Gasteiger partial charge is 0.376 e. The van der Waals surface area contributed by atoms with Crippen molar-refractivity contribution in [1.82, 2.24) is 0 Å². The lowest BCUT2D eigenvalue weighted by Crippen LogP contribution is -2.27. The van der Waals surface area contributed by atoms with E-state index < -0.39 is 11.6 Å². The predicted molar refractivity (Wildman–Crippen MR) is 57.6 cm³/mol. The molecule has 0 unspecified atom stereocenters. The Kier molecular flexibility index (Phi) is 3.29. The zero-order valence-corrected chi connectivity index (χ0v) is 9.20. The third-order valence-corrected chi connectivity index (χ3v) is 1.84. The quantitative estimate of drug-likeness (QED) is 0.794. The topological polar surface area (TPSA) is 38.0 Å². The number of nitrogens with two attached hydrogens (primary N) is 1. The maximum absolute atomic E-state index is 13.5. The third kappa shape index (κ3) is 3.16. The molecule has 0 aromatic heterocycles. The van der Waals surface area contributed by atoms with Crippen molar-refractivity contribution in [2.45, 2.75) is 32.9 Å². The second kappa shape index (κ2) is 4.14. The van der Waals surface area contributed by atoms with E-state index in [1.54, 1.807) is 0 Å². The summed E-state index contributed by atoms with van der Waals surface area (Å²) in [5, 5.41) is 2.78. The molecule has 15 heavy (non-hydrogen) atoms. The Morgan fingerprint density at radius 3 is 2.00 bits per heavy atom. The fourth-order valence-electron chi connectivity index (χ4n) is 1.24. The van der Waals surface area contributed by atoms with Crippen molar-refractivity contribution >= 4 is 5.69 Å². The summed E-state index contributed by atoms with van der Waals surface area (Å²) in [6, 6.07) is 2.49. The Bertz CT molecular complexity index is 333. The highest BCUT2D eigenvalue weighted by atomic mass is 19.1. The van der Waals surface area contributed by atoms with Crippen LogP contribution in [-0.2, 0) is 6.54 Å². The summed E-state index contributed by atoms with van der Waals surface area (Å²) in [6.07, 6.45) is 0.